The zero-order valence-electron chi connectivity index (χ0n) is 16.2. The molecule has 0 bridgehead atoms. The maximum absolute atomic E-state index is 11.7. The minimum atomic E-state index is -0.340. The molecular weight excluding hydrogens is 376 g/mol. The summed E-state index contributed by atoms with van der Waals surface area (Å²) < 4.78 is 12.8. The first kappa shape index (κ1) is 19.8. The number of aromatic nitrogens is 3. The van der Waals surface area contributed by atoms with E-state index in [1.165, 1.54) is 0 Å². The molecule has 0 saturated heterocycles. The summed E-state index contributed by atoms with van der Waals surface area (Å²) >= 11 is 5.25. The highest BCUT2D eigenvalue weighted by Crippen LogP contribution is 2.23. The van der Waals surface area contributed by atoms with E-state index in [0.717, 1.165) is 11.4 Å². The van der Waals surface area contributed by atoms with Gasteiger partial charge in [-0.1, -0.05) is 32.9 Å². The van der Waals surface area contributed by atoms with Crippen LogP contribution in [0.15, 0.2) is 45.9 Å². The largest absolute Gasteiger partial charge is 0.462 e. The van der Waals surface area contributed by atoms with Gasteiger partial charge in [0.2, 0.25) is 4.77 Å². The fourth-order valence-corrected chi connectivity index (χ4v) is 2.74. The van der Waals surface area contributed by atoms with E-state index in [4.69, 9.17) is 21.4 Å². The van der Waals surface area contributed by atoms with E-state index in [9.17, 15) is 4.79 Å². The first-order chi connectivity index (χ1) is 13.3. The molecule has 2 heterocycles. The van der Waals surface area contributed by atoms with Crippen LogP contribution < -0.4 is 0 Å². The number of ether oxygens (including phenoxy) is 1. The van der Waals surface area contributed by atoms with E-state index in [1.807, 2.05) is 45.0 Å². The van der Waals surface area contributed by atoms with E-state index >= 15 is 0 Å². The molecule has 28 heavy (non-hydrogen) atoms. The Morgan fingerprint density at radius 1 is 1.29 bits per heavy atom. The molecule has 8 heteroatoms. The second-order valence-electron chi connectivity index (χ2n) is 7.16. The predicted molar refractivity (Wildman–Crippen MR) is 109 cm³/mol. The fourth-order valence-electron chi connectivity index (χ4n) is 2.56. The van der Waals surface area contributed by atoms with Gasteiger partial charge in [-0.2, -0.15) is 14.9 Å². The van der Waals surface area contributed by atoms with E-state index in [2.05, 4.69) is 15.3 Å². The molecule has 0 aliphatic carbocycles. The number of rotatable bonds is 5. The number of carbonyl (C=O) groups excluding carboxylic acids is 1. The number of esters is 1. The molecule has 3 aromatic rings. The molecule has 7 nitrogen and oxygen atoms in total. The van der Waals surface area contributed by atoms with Gasteiger partial charge in [0.05, 0.1) is 18.4 Å². The molecule has 1 aromatic carbocycles. The normalized spacial score (nSPS) is 11.9. The number of hydrogen-bond donors (Lipinski definition) is 1. The van der Waals surface area contributed by atoms with E-state index in [1.54, 1.807) is 29.9 Å². The van der Waals surface area contributed by atoms with Gasteiger partial charge in [-0.05, 0) is 43.4 Å². The maximum Gasteiger partial charge on any atom is 0.338 e. The van der Waals surface area contributed by atoms with E-state index < -0.39 is 0 Å². The Morgan fingerprint density at radius 3 is 2.64 bits per heavy atom. The minimum absolute atomic E-state index is 0.208. The van der Waals surface area contributed by atoms with E-state index in [-0.39, 0.29) is 11.4 Å². The lowest BCUT2D eigenvalue weighted by atomic mass is 9.96. The highest BCUT2D eigenvalue weighted by molar-refractivity contribution is 7.71. The fraction of sp³-hybridized carbons (Fsp3) is 0.300. The minimum Gasteiger partial charge on any atom is -0.462 e. The van der Waals surface area contributed by atoms with Gasteiger partial charge in [-0.15, -0.1) is 0 Å². The maximum atomic E-state index is 11.7. The van der Waals surface area contributed by atoms with Crippen molar-refractivity contribution >= 4 is 24.4 Å². The molecule has 146 valence electrons. The molecule has 0 atom stereocenters. The second kappa shape index (κ2) is 7.93. The van der Waals surface area contributed by atoms with Crippen LogP contribution >= 0.6 is 12.2 Å². The Hall–Kier alpha value is -3.00. The molecule has 0 spiro atoms. The van der Waals surface area contributed by atoms with Gasteiger partial charge < -0.3 is 9.15 Å². The van der Waals surface area contributed by atoms with Crippen molar-refractivity contribution in [1.82, 2.24) is 14.9 Å². The van der Waals surface area contributed by atoms with E-state index in [0.29, 0.717) is 28.5 Å². The SMILES string of the molecule is CCOC(=O)c1ccc(-c2ccc(/C=N\n3c(C(C)(C)C)n[nH]c3=S)o2)cc1. The summed E-state index contributed by atoms with van der Waals surface area (Å²) in [6.07, 6.45) is 1.59. The van der Waals surface area contributed by atoms with Gasteiger partial charge in [-0.25, -0.2) is 4.79 Å². The Bertz CT molecular complexity index is 1050. The van der Waals surface area contributed by atoms with Gasteiger partial charge >= 0.3 is 5.97 Å². The van der Waals surface area contributed by atoms with Crippen LogP contribution in [0.2, 0.25) is 0 Å². The number of nitrogens with zero attached hydrogens (tertiary/aromatic N) is 3. The van der Waals surface area contributed by atoms with Crippen LogP contribution in [-0.2, 0) is 10.2 Å². The van der Waals surface area contributed by atoms with Gasteiger partial charge in [0.25, 0.3) is 0 Å². The van der Waals surface area contributed by atoms with Gasteiger partial charge in [0.1, 0.15) is 11.5 Å². The second-order valence-corrected chi connectivity index (χ2v) is 7.55. The predicted octanol–water partition coefficient (Wildman–Crippen LogP) is 4.56. The summed E-state index contributed by atoms with van der Waals surface area (Å²) in [6, 6.07) is 10.7. The first-order valence-corrected chi connectivity index (χ1v) is 9.30. The molecule has 1 N–H and O–H groups in total. The molecular formula is C20H22N4O3S. The number of H-pyrrole nitrogens is 1. The third kappa shape index (κ3) is 4.28. The molecule has 2 aromatic heterocycles. The van der Waals surface area contributed by atoms with Crippen LogP contribution in [0.4, 0.5) is 0 Å². The molecule has 0 radical (unpaired) electrons. The smallest absolute Gasteiger partial charge is 0.338 e. The van der Waals surface area contributed by atoms with Crippen molar-refractivity contribution in [1.29, 1.82) is 0 Å². The topological polar surface area (TPSA) is 85.4 Å². The number of hydrogen-bond acceptors (Lipinski definition) is 6. The monoisotopic (exact) mass is 398 g/mol. The standard InChI is InChI=1S/C20H22N4O3S/c1-5-26-17(25)14-8-6-13(7-9-14)16-11-10-15(27-16)12-21-24-18(20(2,3)4)22-23-19(24)28/h6-12H,5H2,1-4H3,(H,23,28)/b21-12-. The highest BCUT2D eigenvalue weighted by atomic mass is 32.1. The molecule has 0 aliphatic heterocycles. The average Bonchev–Trinajstić information content (AvgIpc) is 3.26. The third-order valence-electron chi connectivity index (χ3n) is 3.93. The quantitative estimate of drug-likeness (QED) is 0.387. The molecule has 3 rings (SSSR count). The molecule has 0 saturated carbocycles. The molecule has 0 amide bonds. The summed E-state index contributed by atoms with van der Waals surface area (Å²) in [5.41, 5.74) is 1.14. The Kier molecular flexibility index (Phi) is 5.60. The summed E-state index contributed by atoms with van der Waals surface area (Å²) in [6.45, 7) is 8.23. The Balaban J connectivity index is 1.80. The number of carbonyl (C=O) groups is 1. The van der Waals surface area contributed by atoms with Crippen LogP contribution in [0.25, 0.3) is 11.3 Å². The average molecular weight is 398 g/mol. The zero-order valence-corrected chi connectivity index (χ0v) is 17.0. The van der Waals surface area contributed by atoms with Crippen molar-refractivity contribution in [2.24, 2.45) is 5.10 Å². The lowest BCUT2D eigenvalue weighted by Crippen LogP contribution is -2.17. The van der Waals surface area contributed by atoms with Gasteiger partial charge in [0, 0.05) is 11.0 Å². The van der Waals surface area contributed by atoms with Crippen molar-refractivity contribution < 1.29 is 13.9 Å². The van der Waals surface area contributed by atoms with Crippen LogP contribution in [0.5, 0.6) is 0 Å². The lowest BCUT2D eigenvalue weighted by molar-refractivity contribution is 0.0526. The van der Waals surface area contributed by atoms with Crippen LogP contribution in [0.1, 0.15) is 49.6 Å². The van der Waals surface area contributed by atoms with Crippen molar-refractivity contribution in [2.45, 2.75) is 33.1 Å². The van der Waals surface area contributed by atoms with Crippen molar-refractivity contribution in [3.63, 3.8) is 0 Å². The summed E-state index contributed by atoms with van der Waals surface area (Å²) in [5.74, 6) is 1.64. The first-order valence-electron chi connectivity index (χ1n) is 8.89. The number of nitrogens with one attached hydrogen (secondary N) is 1. The van der Waals surface area contributed by atoms with Crippen molar-refractivity contribution in [3.05, 3.63) is 58.3 Å². The third-order valence-corrected chi connectivity index (χ3v) is 4.19. The Labute approximate surface area is 168 Å². The van der Waals surface area contributed by atoms with Crippen molar-refractivity contribution in [2.75, 3.05) is 6.61 Å². The van der Waals surface area contributed by atoms with Gasteiger partial charge in [-0.3, -0.25) is 5.10 Å². The zero-order chi connectivity index (χ0) is 20.3. The van der Waals surface area contributed by atoms with Crippen LogP contribution in [0.3, 0.4) is 0 Å². The molecule has 0 aliphatic rings. The summed E-state index contributed by atoms with van der Waals surface area (Å²) in [5, 5.41) is 11.4. The van der Waals surface area contributed by atoms with Crippen LogP contribution in [-0.4, -0.2) is 33.7 Å². The number of aromatic amines is 1. The van der Waals surface area contributed by atoms with Gasteiger partial charge in [0.15, 0.2) is 5.82 Å². The molecule has 0 fully saturated rings. The summed E-state index contributed by atoms with van der Waals surface area (Å²) in [7, 11) is 0. The Morgan fingerprint density at radius 2 is 2.00 bits per heavy atom. The number of furan rings is 1. The number of benzene rings is 1. The highest BCUT2D eigenvalue weighted by Gasteiger charge is 2.21. The molecule has 0 unspecified atom stereocenters. The van der Waals surface area contributed by atoms with Crippen LogP contribution in [0, 0.1) is 4.77 Å². The summed E-state index contributed by atoms with van der Waals surface area (Å²) in [4.78, 5) is 11.7. The lowest BCUT2D eigenvalue weighted by Gasteiger charge is -2.15. The van der Waals surface area contributed by atoms with Crippen molar-refractivity contribution in [3.8, 4) is 11.3 Å².